The molecular formula is C17H19ClN4O. The number of carbonyl (C=O) groups excluding carboxylic acids is 1. The molecule has 1 aromatic carbocycles. The molecule has 120 valence electrons. The first-order valence-electron chi connectivity index (χ1n) is 8.04. The van der Waals surface area contributed by atoms with E-state index >= 15 is 0 Å². The molecule has 23 heavy (non-hydrogen) atoms. The fraction of sp³-hybridized carbons (Fsp3) is 0.412. The van der Waals surface area contributed by atoms with Gasteiger partial charge in [0.1, 0.15) is 0 Å². The van der Waals surface area contributed by atoms with Crippen LogP contribution in [0.2, 0.25) is 5.02 Å². The van der Waals surface area contributed by atoms with Gasteiger partial charge in [0.2, 0.25) is 5.91 Å². The van der Waals surface area contributed by atoms with Crippen molar-refractivity contribution in [1.82, 2.24) is 15.1 Å². The third-order valence-electron chi connectivity index (χ3n) is 4.52. The lowest BCUT2D eigenvalue weighted by atomic mass is 10.1. The van der Waals surface area contributed by atoms with Crippen molar-refractivity contribution in [3.05, 3.63) is 46.1 Å². The minimum absolute atomic E-state index is 0.270. The van der Waals surface area contributed by atoms with E-state index in [-0.39, 0.29) is 5.92 Å². The molecule has 1 fully saturated rings. The van der Waals surface area contributed by atoms with Gasteiger partial charge in [0.05, 0.1) is 6.54 Å². The van der Waals surface area contributed by atoms with Crippen LogP contribution in [0.3, 0.4) is 0 Å². The van der Waals surface area contributed by atoms with Crippen molar-refractivity contribution in [3.63, 3.8) is 0 Å². The first-order chi connectivity index (χ1) is 11.2. The summed E-state index contributed by atoms with van der Waals surface area (Å²) in [5.41, 5.74) is 3.36. The number of carbonyl (C=O) groups is 1. The molecule has 0 saturated heterocycles. The fourth-order valence-electron chi connectivity index (χ4n) is 3.05. The molecule has 2 N–H and O–H groups in total. The van der Waals surface area contributed by atoms with Gasteiger partial charge in [0.25, 0.3) is 0 Å². The molecule has 2 heterocycles. The van der Waals surface area contributed by atoms with Crippen LogP contribution in [0.25, 0.3) is 0 Å². The van der Waals surface area contributed by atoms with Gasteiger partial charge in [-0.15, -0.1) is 0 Å². The Morgan fingerprint density at radius 1 is 1.43 bits per heavy atom. The number of amides is 1. The number of benzene rings is 1. The van der Waals surface area contributed by atoms with Crippen LogP contribution in [0, 0.1) is 5.92 Å². The highest BCUT2D eigenvalue weighted by Crippen LogP contribution is 2.33. The number of anilines is 1. The normalized spacial score (nSPS) is 17.0. The zero-order valence-corrected chi connectivity index (χ0v) is 13.6. The Labute approximate surface area is 140 Å². The Bertz CT molecular complexity index is 738. The molecule has 1 amide bonds. The van der Waals surface area contributed by atoms with E-state index < -0.39 is 0 Å². The van der Waals surface area contributed by atoms with E-state index in [1.54, 1.807) is 0 Å². The topological polar surface area (TPSA) is 61.0 Å². The first-order valence-corrected chi connectivity index (χ1v) is 8.42. The predicted octanol–water partition coefficient (Wildman–Crippen LogP) is 2.97. The molecule has 4 rings (SSSR count). The third-order valence-corrected chi connectivity index (χ3v) is 4.76. The number of halogens is 1. The summed E-state index contributed by atoms with van der Waals surface area (Å²) in [5.74, 6) is 1.41. The summed E-state index contributed by atoms with van der Waals surface area (Å²) in [7, 11) is 0. The number of rotatable bonds is 4. The Balaban J connectivity index is 1.46. The lowest BCUT2D eigenvalue weighted by Crippen LogP contribution is -2.36. The van der Waals surface area contributed by atoms with Crippen molar-refractivity contribution >= 4 is 23.3 Å². The van der Waals surface area contributed by atoms with Gasteiger partial charge < -0.3 is 10.2 Å². The summed E-state index contributed by atoms with van der Waals surface area (Å²) in [4.78, 5) is 14.3. The third kappa shape index (κ3) is 3.06. The summed E-state index contributed by atoms with van der Waals surface area (Å²) < 4.78 is 0. The van der Waals surface area contributed by atoms with Gasteiger partial charge in [-0.1, -0.05) is 23.7 Å². The van der Waals surface area contributed by atoms with Crippen molar-refractivity contribution in [2.75, 3.05) is 11.9 Å². The number of H-pyrrole nitrogens is 1. The number of aromatic nitrogens is 2. The summed E-state index contributed by atoms with van der Waals surface area (Å²) in [6, 6.07) is 7.77. The van der Waals surface area contributed by atoms with Crippen LogP contribution < -0.4 is 5.32 Å². The Morgan fingerprint density at radius 2 is 2.30 bits per heavy atom. The summed E-state index contributed by atoms with van der Waals surface area (Å²) in [5, 5.41) is 11.6. The summed E-state index contributed by atoms with van der Waals surface area (Å²) >= 11 is 6.02. The van der Waals surface area contributed by atoms with Crippen molar-refractivity contribution in [2.24, 2.45) is 5.92 Å². The Hall–Kier alpha value is -2.01. The molecule has 1 aromatic heterocycles. The monoisotopic (exact) mass is 330 g/mol. The van der Waals surface area contributed by atoms with Crippen LogP contribution in [-0.4, -0.2) is 27.5 Å². The minimum Gasteiger partial charge on any atom is -0.364 e. The molecule has 0 spiro atoms. The molecule has 0 atom stereocenters. The van der Waals surface area contributed by atoms with Gasteiger partial charge >= 0.3 is 0 Å². The lowest BCUT2D eigenvalue weighted by molar-refractivity contribution is -0.133. The molecule has 0 unspecified atom stereocenters. The van der Waals surface area contributed by atoms with Gasteiger partial charge in [0.15, 0.2) is 5.82 Å². The smallest absolute Gasteiger partial charge is 0.225 e. The zero-order chi connectivity index (χ0) is 15.8. The van der Waals surface area contributed by atoms with Crippen molar-refractivity contribution in [1.29, 1.82) is 0 Å². The predicted molar refractivity (Wildman–Crippen MR) is 89.2 cm³/mol. The molecule has 5 nitrogen and oxygen atoms in total. The second kappa shape index (κ2) is 5.89. The highest BCUT2D eigenvalue weighted by Gasteiger charge is 2.35. The van der Waals surface area contributed by atoms with Gasteiger partial charge in [-0.25, -0.2) is 0 Å². The maximum Gasteiger partial charge on any atom is 0.225 e. The van der Waals surface area contributed by atoms with Crippen LogP contribution in [0.4, 0.5) is 5.82 Å². The lowest BCUT2D eigenvalue weighted by Gasteiger charge is -2.27. The van der Waals surface area contributed by atoms with Crippen LogP contribution in [-0.2, 0) is 24.3 Å². The number of nitrogens with one attached hydrogen (secondary N) is 2. The number of fused-ring (bicyclic) bond motifs is 1. The van der Waals surface area contributed by atoms with E-state index in [4.69, 9.17) is 11.6 Å². The number of nitrogens with zero attached hydrogens (tertiary/aromatic N) is 2. The highest BCUT2D eigenvalue weighted by molar-refractivity contribution is 6.30. The van der Waals surface area contributed by atoms with Gasteiger partial charge in [-0.3, -0.25) is 9.89 Å². The Morgan fingerprint density at radius 3 is 3.09 bits per heavy atom. The van der Waals surface area contributed by atoms with E-state index in [1.165, 1.54) is 0 Å². The minimum atomic E-state index is 0.270. The van der Waals surface area contributed by atoms with Crippen LogP contribution in [0.1, 0.15) is 29.7 Å². The molecule has 2 aliphatic rings. The van der Waals surface area contributed by atoms with E-state index in [1.807, 2.05) is 29.2 Å². The van der Waals surface area contributed by atoms with Crippen LogP contribution in [0.15, 0.2) is 24.3 Å². The summed E-state index contributed by atoms with van der Waals surface area (Å²) in [6.45, 7) is 2.10. The van der Waals surface area contributed by atoms with Crippen LogP contribution in [0.5, 0.6) is 0 Å². The molecule has 1 saturated carbocycles. The van der Waals surface area contributed by atoms with Gasteiger partial charge in [-0.2, -0.15) is 5.10 Å². The number of hydrogen-bond acceptors (Lipinski definition) is 3. The molecule has 1 aliphatic carbocycles. The van der Waals surface area contributed by atoms with E-state index in [2.05, 4.69) is 15.5 Å². The molecule has 1 aliphatic heterocycles. The van der Waals surface area contributed by atoms with Crippen LogP contribution >= 0.6 is 11.6 Å². The molecule has 0 bridgehead atoms. The SMILES string of the molecule is O=C(C1CC1)N1CCc2[nH]nc(NCc3cccc(Cl)c3)c2C1. The average molecular weight is 331 g/mol. The Kier molecular flexibility index (Phi) is 3.73. The molecule has 6 heteroatoms. The van der Waals surface area contributed by atoms with Gasteiger partial charge in [-0.05, 0) is 30.5 Å². The maximum absolute atomic E-state index is 12.3. The second-order valence-corrected chi connectivity index (χ2v) is 6.73. The second-order valence-electron chi connectivity index (χ2n) is 6.30. The van der Waals surface area contributed by atoms with E-state index in [0.29, 0.717) is 19.0 Å². The highest BCUT2D eigenvalue weighted by atomic mass is 35.5. The molecular weight excluding hydrogens is 312 g/mol. The molecule has 2 aromatic rings. The van der Waals surface area contributed by atoms with Gasteiger partial charge in [0, 0.05) is 41.7 Å². The standard InChI is InChI=1S/C17H19ClN4O/c18-13-3-1-2-11(8-13)9-19-16-14-10-22(17(23)12-4-5-12)7-6-15(14)20-21-16/h1-3,8,12H,4-7,9-10H2,(H2,19,20,21). The summed E-state index contributed by atoms with van der Waals surface area (Å²) in [6.07, 6.45) is 2.94. The number of hydrogen-bond donors (Lipinski definition) is 2. The van der Waals surface area contributed by atoms with Crippen molar-refractivity contribution in [2.45, 2.75) is 32.4 Å². The molecule has 0 radical (unpaired) electrons. The van der Waals surface area contributed by atoms with E-state index in [0.717, 1.165) is 53.5 Å². The average Bonchev–Trinajstić information content (AvgIpc) is 3.33. The van der Waals surface area contributed by atoms with Crippen molar-refractivity contribution < 1.29 is 4.79 Å². The zero-order valence-electron chi connectivity index (χ0n) is 12.8. The number of aromatic amines is 1. The van der Waals surface area contributed by atoms with E-state index in [9.17, 15) is 4.79 Å². The quantitative estimate of drug-likeness (QED) is 0.906. The van der Waals surface area contributed by atoms with Crippen molar-refractivity contribution in [3.8, 4) is 0 Å². The maximum atomic E-state index is 12.3. The fourth-order valence-corrected chi connectivity index (χ4v) is 3.26. The largest absolute Gasteiger partial charge is 0.364 e. The first kappa shape index (κ1) is 14.6.